The lowest BCUT2D eigenvalue weighted by Gasteiger charge is -2.30. The number of aliphatic imine (C=N–C) groups is 1. The lowest BCUT2D eigenvalue weighted by molar-refractivity contribution is -0.144. The summed E-state index contributed by atoms with van der Waals surface area (Å²) in [7, 11) is 0. The van der Waals surface area contributed by atoms with Gasteiger partial charge in [0.15, 0.2) is 5.96 Å². The second-order valence-electron chi connectivity index (χ2n) is 29.9. The van der Waals surface area contributed by atoms with Crippen LogP contribution < -0.4 is 98.2 Å². The van der Waals surface area contributed by atoms with Gasteiger partial charge in [0.2, 0.25) is 88.6 Å². The first-order chi connectivity index (χ1) is 54.0. The number of rotatable bonds is 55. The van der Waals surface area contributed by atoms with E-state index in [0.717, 1.165) is 4.90 Å². The Morgan fingerprint density at radius 2 is 0.861 bits per heavy atom. The average molecular weight is 1630 g/mol. The van der Waals surface area contributed by atoms with Crippen LogP contribution in [-0.2, 0) is 92.7 Å². The summed E-state index contributed by atoms with van der Waals surface area (Å²) in [5.74, 6) is -20.5. The number of aliphatic hydroxyl groups is 1. The van der Waals surface area contributed by atoms with Gasteiger partial charge in [-0.15, -0.1) is 0 Å². The zero-order chi connectivity index (χ0) is 86.9. The SMILES string of the molecule is CC(C)C[C@H](NC(=O)[C@H](CC(C)C)NC(=O)[C@H](Cc1ccccc1)NC(=O)[C@H](CCCCN)NC(=O)[C@H](CCCN=C(N)N)NC(=O)CNC(=O)[C@H](CC(C)C)NC(=O)[C@@H]1CCCN1C(=O)[C@H](CO)NC(=O)[C@H](CCC(N)=O)NC(=O)[C@H](CC(=O)O)NC(=O)[C@H](CC(C)C)NC(=O)[C@@H](N)CC(=O)O)C(=O)N[C@@H](CCC(N)=O)C(=O)O. The molecule has 2 rings (SSSR count). The van der Waals surface area contributed by atoms with E-state index in [1.165, 1.54) is 0 Å². The number of nitrogens with one attached hydrogen (secondary N) is 12. The van der Waals surface area contributed by atoms with Crippen LogP contribution in [0.1, 0.15) is 170 Å². The number of benzene rings is 1. The lowest BCUT2D eigenvalue weighted by atomic mass is 9.98. The largest absolute Gasteiger partial charge is 0.481 e. The maximum absolute atomic E-state index is 14.7. The third kappa shape index (κ3) is 39.0. The van der Waals surface area contributed by atoms with Gasteiger partial charge < -0.3 is 124 Å². The van der Waals surface area contributed by atoms with Gasteiger partial charge in [0.05, 0.1) is 32.0 Å². The number of aliphatic hydroxyl groups excluding tert-OH is 1. The summed E-state index contributed by atoms with van der Waals surface area (Å²) >= 11 is 0. The first kappa shape index (κ1) is 99.9. The van der Waals surface area contributed by atoms with Gasteiger partial charge in [-0.05, 0) is 119 Å². The molecule has 0 aliphatic carbocycles. The molecule has 1 aromatic carbocycles. The van der Waals surface area contributed by atoms with Crippen LogP contribution in [0.2, 0.25) is 0 Å². The van der Waals surface area contributed by atoms with E-state index >= 15 is 0 Å². The van der Waals surface area contributed by atoms with Crippen molar-refractivity contribution in [2.75, 3.05) is 32.8 Å². The van der Waals surface area contributed by atoms with E-state index in [1.807, 2.05) is 0 Å². The van der Waals surface area contributed by atoms with Gasteiger partial charge in [-0.1, -0.05) is 85.7 Å². The predicted octanol–water partition coefficient (Wildman–Crippen LogP) is -6.08. The van der Waals surface area contributed by atoms with E-state index in [0.29, 0.717) is 12.0 Å². The number of unbranched alkanes of at least 4 members (excludes halogenated alkanes) is 1. The van der Waals surface area contributed by atoms with Crippen molar-refractivity contribution in [3.05, 3.63) is 35.9 Å². The van der Waals surface area contributed by atoms with Crippen molar-refractivity contribution in [2.24, 2.45) is 63.1 Å². The summed E-state index contributed by atoms with van der Waals surface area (Å²) < 4.78 is 0. The molecule has 644 valence electrons. The molecule has 0 spiro atoms. The van der Waals surface area contributed by atoms with Crippen molar-refractivity contribution in [1.29, 1.82) is 0 Å². The fourth-order valence-electron chi connectivity index (χ4n) is 12.1. The van der Waals surface area contributed by atoms with Crippen molar-refractivity contribution in [2.45, 2.75) is 250 Å². The van der Waals surface area contributed by atoms with Crippen molar-refractivity contribution in [3.8, 4) is 0 Å². The molecule has 115 heavy (non-hydrogen) atoms. The van der Waals surface area contributed by atoms with E-state index in [-0.39, 0.29) is 133 Å². The molecular formula is C73H120N20O22. The van der Waals surface area contributed by atoms with Gasteiger partial charge in [0.25, 0.3) is 0 Å². The van der Waals surface area contributed by atoms with Gasteiger partial charge in [-0.2, -0.15) is 0 Å². The minimum atomic E-state index is -1.98. The number of hydrogen-bond donors (Lipinski definition) is 22. The molecule has 1 aliphatic heterocycles. The zero-order valence-corrected chi connectivity index (χ0v) is 66.5. The normalized spacial score (nSPS) is 15.6. The highest BCUT2D eigenvalue weighted by Crippen LogP contribution is 2.21. The number of carbonyl (C=O) groups is 18. The van der Waals surface area contributed by atoms with Crippen LogP contribution in [0.4, 0.5) is 0 Å². The first-order valence-corrected chi connectivity index (χ1v) is 38.3. The van der Waals surface area contributed by atoms with Crippen LogP contribution in [0, 0.1) is 23.7 Å². The maximum Gasteiger partial charge on any atom is 0.326 e. The fourth-order valence-corrected chi connectivity index (χ4v) is 12.1. The monoisotopic (exact) mass is 1630 g/mol. The molecule has 1 fully saturated rings. The number of carboxylic acid groups (broad SMARTS) is 3. The summed E-state index contributed by atoms with van der Waals surface area (Å²) in [4.78, 5) is 246. The van der Waals surface area contributed by atoms with E-state index in [1.54, 1.807) is 85.7 Å². The van der Waals surface area contributed by atoms with Crippen LogP contribution >= 0.6 is 0 Å². The van der Waals surface area contributed by atoms with E-state index in [9.17, 15) is 102 Å². The molecule has 0 saturated carbocycles. The van der Waals surface area contributed by atoms with Crippen LogP contribution in [0.25, 0.3) is 0 Å². The molecule has 1 aromatic rings. The minimum absolute atomic E-state index is 0.00798. The molecule has 13 atom stereocenters. The molecule has 1 saturated heterocycles. The molecule has 15 amide bonds. The molecule has 1 aliphatic rings. The Morgan fingerprint density at radius 1 is 0.461 bits per heavy atom. The number of carbonyl (C=O) groups excluding carboxylic acids is 15. The predicted molar refractivity (Wildman–Crippen MR) is 414 cm³/mol. The number of carboxylic acids is 3. The second kappa shape index (κ2) is 51.5. The summed E-state index contributed by atoms with van der Waals surface area (Å²) in [6.45, 7) is 11.8. The Bertz CT molecular complexity index is 3530. The van der Waals surface area contributed by atoms with Gasteiger partial charge in [0, 0.05) is 32.4 Å². The van der Waals surface area contributed by atoms with Crippen molar-refractivity contribution in [1.82, 2.24) is 68.7 Å². The number of nitrogens with two attached hydrogens (primary N) is 6. The highest BCUT2D eigenvalue weighted by atomic mass is 16.4. The first-order valence-electron chi connectivity index (χ1n) is 38.3. The number of nitrogens with zero attached hydrogens (tertiary/aromatic N) is 2. The Balaban J connectivity index is 2.45. The highest BCUT2D eigenvalue weighted by molar-refractivity contribution is 6.01. The summed E-state index contributed by atoms with van der Waals surface area (Å²) in [5, 5.41) is 69.0. The average Bonchev–Trinajstić information content (AvgIpc) is 1.73. The Labute approximate surface area is 666 Å². The number of hydrogen-bond acceptors (Lipinski definition) is 22. The topological polar surface area (TPSA) is 704 Å². The highest BCUT2D eigenvalue weighted by Gasteiger charge is 2.42. The molecule has 1 heterocycles. The number of aliphatic carboxylic acids is 3. The van der Waals surface area contributed by atoms with Crippen molar-refractivity contribution >= 4 is 112 Å². The van der Waals surface area contributed by atoms with Gasteiger partial charge in [0.1, 0.15) is 72.5 Å². The number of likely N-dealkylation sites (tertiary alicyclic amines) is 1. The summed E-state index contributed by atoms with van der Waals surface area (Å²) in [6, 6.07) is -11.6. The number of amides is 15. The molecule has 0 unspecified atom stereocenters. The maximum atomic E-state index is 14.7. The van der Waals surface area contributed by atoms with E-state index in [4.69, 9.17) is 39.5 Å². The van der Waals surface area contributed by atoms with Crippen LogP contribution in [0.3, 0.4) is 0 Å². The van der Waals surface area contributed by atoms with E-state index in [2.05, 4.69) is 68.8 Å². The Hall–Kier alpha value is -11.2. The van der Waals surface area contributed by atoms with Gasteiger partial charge >= 0.3 is 17.9 Å². The molecule has 0 radical (unpaired) electrons. The van der Waals surface area contributed by atoms with Crippen LogP contribution in [0.5, 0.6) is 0 Å². The van der Waals surface area contributed by atoms with Crippen LogP contribution in [0.15, 0.2) is 35.3 Å². The minimum Gasteiger partial charge on any atom is -0.481 e. The van der Waals surface area contributed by atoms with Crippen molar-refractivity contribution in [3.63, 3.8) is 0 Å². The summed E-state index contributed by atoms with van der Waals surface area (Å²) in [5.41, 5.74) is 33.8. The lowest BCUT2D eigenvalue weighted by Crippen LogP contribution is -2.61. The Morgan fingerprint density at radius 3 is 1.32 bits per heavy atom. The molecule has 0 aromatic heterocycles. The van der Waals surface area contributed by atoms with Crippen molar-refractivity contribution < 1.29 is 107 Å². The third-order valence-corrected chi connectivity index (χ3v) is 17.9. The molecule has 28 N–H and O–H groups in total. The third-order valence-electron chi connectivity index (χ3n) is 17.9. The van der Waals surface area contributed by atoms with Gasteiger partial charge in [-0.25, -0.2) is 4.79 Å². The molecule has 0 bridgehead atoms. The molecule has 42 heteroatoms. The number of guanidine groups is 1. The van der Waals surface area contributed by atoms with E-state index < -0.39 is 224 Å². The van der Waals surface area contributed by atoms with Crippen LogP contribution in [-0.4, -0.2) is 249 Å². The zero-order valence-electron chi connectivity index (χ0n) is 66.5. The van der Waals surface area contributed by atoms with Gasteiger partial charge in [-0.3, -0.25) is 86.5 Å². The molecular weight excluding hydrogens is 1510 g/mol. The second-order valence-corrected chi connectivity index (χ2v) is 29.9. The fraction of sp³-hybridized carbons (Fsp3) is 0.658. The molecule has 42 nitrogen and oxygen atoms in total. The smallest absolute Gasteiger partial charge is 0.326 e. The Kier molecular flexibility index (Phi) is 44.8. The quantitative estimate of drug-likeness (QED) is 0.0164. The number of primary amides is 2. The standard InChI is InChI=1S/C73H120N20O22/c1-37(2)28-47(91-70(112)54-20-15-27-93(54)71(113)53(36-94)92-64(106)45(21-23-55(76)95)84-69(111)52(34-59(100)101)90-66(108)48(29-38(3)4)86-60(102)42(75)33-58(98)99)61(103)81-35-57(97)82-43(19-14-26-80-73(78)79)62(104)83-44(18-12-13-25-74)63(105)89-51(32-41-16-10-9-11-17-41)68(110)88-50(31-40(7)8)67(109)87-49(30-39(5)6)65(107)85-46(72(114)115)22-24-56(77)96/h9-11,16-17,37-40,42-54,94H,12-15,18-36,74-75H2,1-8H3,(H2,76,95)(H2,77,96)(H,81,103)(H,82,97)(H,83,104)(H,84,111)(H,85,107)(H,86,102)(H,87,109)(H,88,110)(H,89,105)(H,90,108)(H,91,112)(H,92,106)(H,98,99)(H,100,101)(H,114,115)(H4,78,79,80)/t42-,43-,44-,45-,46-,47-,48-,49-,50-,51-,52-,53-,54-/m0/s1. The summed E-state index contributed by atoms with van der Waals surface area (Å²) in [6.07, 6.45) is -3.45.